The number of ether oxygens (including phenoxy) is 1. The Morgan fingerprint density at radius 1 is 1.13 bits per heavy atom. The van der Waals surface area contributed by atoms with Gasteiger partial charge in [0.1, 0.15) is 24.0 Å². The highest BCUT2D eigenvalue weighted by Gasteiger charge is 2.23. The van der Waals surface area contributed by atoms with Crippen molar-refractivity contribution in [2.24, 2.45) is 16.8 Å². The topological polar surface area (TPSA) is 41.8 Å². The molecule has 0 saturated heterocycles. The van der Waals surface area contributed by atoms with Gasteiger partial charge in [-0.05, 0) is 66.8 Å². The minimum atomic E-state index is -0.285. The van der Waals surface area contributed by atoms with Gasteiger partial charge in [-0.1, -0.05) is 24.3 Å². The summed E-state index contributed by atoms with van der Waals surface area (Å²) in [6.07, 6.45) is 14.7. The first kappa shape index (κ1) is 20.5. The maximum atomic E-state index is 13.5. The average Bonchev–Trinajstić information content (AvgIpc) is 3.16. The van der Waals surface area contributed by atoms with Crippen LogP contribution < -0.4 is 4.74 Å². The predicted octanol–water partition coefficient (Wildman–Crippen LogP) is 5.62. The van der Waals surface area contributed by atoms with Crippen molar-refractivity contribution >= 4 is 5.71 Å². The number of benzene rings is 1. The van der Waals surface area contributed by atoms with Crippen molar-refractivity contribution in [3.8, 4) is 5.75 Å². The first-order valence-corrected chi connectivity index (χ1v) is 10.3. The Hall–Kier alpha value is -2.79. The van der Waals surface area contributed by atoms with Crippen molar-refractivity contribution < 1.29 is 18.6 Å². The molecule has 0 radical (unpaired) electrons. The van der Waals surface area contributed by atoms with Crippen molar-refractivity contribution in [2.75, 3.05) is 13.2 Å². The molecule has 2 atom stereocenters. The van der Waals surface area contributed by atoms with Gasteiger partial charge < -0.3 is 9.84 Å². The number of aliphatic hydroxyl groups is 1. The highest BCUT2D eigenvalue weighted by Crippen LogP contribution is 2.33. The van der Waals surface area contributed by atoms with Gasteiger partial charge in [-0.3, -0.25) is 4.99 Å². The molecule has 1 aliphatic heterocycles. The Balaban J connectivity index is 1.40. The molecule has 5 heteroatoms. The Morgan fingerprint density at radius 2 is 1.97 bits per heavy atom. The number of aliphatic hydroxyl groups excluding tert-OH is 1. The van der Waals surface area contributed by atoms with E-state index in [0.717, 1.165) is 41.8 Å². The van der Waals surface area contributed by atoms with Crippen LogP contribution in [-0.4, -0.2) is 24.0 Å². The molecule has 0 bridgehead atoms. The monoisotopic (exact) mass is 409 g/mol. The van der Waals surface area contributed by atoms with Gasteiger partial charge in [-0.25, -0.2) is 8.78 Å². The smallest absolute Gasteiger partial charge is 0.130 e. The lowest BCUT2D eigenvalue weighted by Crippen LogP contribution is -2.12. The molecule has 0 aromatic heterocycles. The van der Waals surface area contributed by atoms with Gasteiger partial charge in [0, 0.05) is 24.0 Å². The van der Waals surface area contributed by atoms with Crippen LogP contribution in [-0.2, 0) is 0 Å². The highest BCUT2D eigenvalue weighted by molar-refractivity contribution is 5.92. The second-order valence-corrected chi connectivity index (χ2v) is 7.75. The molecule has 0 spiro atoms. The summed E-state index contributed by atoms with van der Waals surface area (Å²) in [5.41, 5.74) is 3.87. The fraction of sp³-hybridized carbons (Fsp3) is 0.320. The second-order valence-electron chi connectivity index (χ2n) is 7.75. The van der Waals surface area contributed by atoms with Gasteiger partial charge in [0.05, 0.1) is 12.3 Å². The Labute approximate surface area is 175 Å². The quantitative estimate of drug-likeness (QED) is 0.686. The third kappa shape index (κ3) is 4.85. The van der Waals surface area contributed by atoms with Crippen LogP contribution in [0.25, 0.3) is 0 Å². The van der Waals surface area contributed by atoms with E-state index in [1.807, 2.05) is 0 Å². The normalized spacial score (nSPS) is 23.8. The number of allylic oxidation sites excluding steroid dienone is 8. The molecule has 0 saturated carbocycles. The van der Waals surface area contributed by atoms with Crippen molar-refractivity contribution in [1.29, 1.82) is 0 Å². The summed E-state index contributed by atoms with van der Waals surface area (Å²) >= 11 is 0. The first-order valence-electron chi connectivity index (χ1n) is 10.3. The van der Waals surface area contributed by atoms with Gasteiger partial charge in [0.2, 0.25) is 0 Å². The highest BCUT2D eigenvalue weighted by atomic mass is 19.1. The van der Waals surface area contributed by atoms with E-state index < -0.39 is 0 Å². The molecule has 3 aliphatic rings. The van der Waals surface area contributed by atoms with Crippen LogP contribution in [0.5, 0.6) is 5.75 Å². The largest absolute Gasteiger partial charge is 0.487 e. The molecule has 30 heavy (non-hydrogen) atoms. The summed E-state index contributed by atoms with van der Waals surface area (Å²) in [6.45, 7) is 0.230. The number of aliphatic imine (C=N–C) groups is 1. The Kier molecular flexibility index (Phi) is 6.38. The number of hydrogen-bond acceptors (Lipinski definition) is 3. The molecule has 1 unspecified atom stereocenters. The lowest BCUT2D eigenvalue weighted by molar-refractivity contribution is 0.316. The second kappa shape index (κ2) is 9.35. The fourth-order valence-corrected chi connectivity index (χ4v) is 4.14. The SMILES string of the molecule is OCC1=CC(F)=CCC1C1=CCC[C@H]2C=C(COc3ccc(F)cc3)N=C2CC=C1. The molecule has 1 N–H and O–H groups in total. The summed E-state index contributed by atoms with van der Waals surface area (Å²) < 4.78 is 32.3. The summed E-state index contributed by atoms with van der Waals surface area (Å²) in [7, 11) is 0. The summed E-state index contributed by atoms with van der Waals surface area (Å²) in [4.78, 5) is 4.76. The van der Waals surface area contributed by atoms with Crippen LogP contribution >= 0.6 is 0 Å². The average molecular weight is 409 g/mol. The molecule has 1 heterocycles. The van der Waals surface area contributed by atoms with E-state index in [9.17, 15) is 13.9 Å². The predicted molar refractivity (Wildman–Crippen MR) is 114 cm³/mol. The first-order chi connectivity index (χ1) is 14.6. The zero-order valence-corrected chi connectivity index (χ0v) is 16.7. The number of halogens is 2. The third-order valence-electron chi connectivity index (χ3n) is 5.71. The van der Waals surface area contributed by atoms with Crippen LogP contribution in [0.1, 0.15) is 25.7 Å². The van der Waals surface area contributed by atoms with Crippen LogP contribution in [0.3, 0.4) is 0 Å². The lowest BCUT2D eigenvalue weighted by atomic mass is 9.84. The van der Waals surface area contributed by atoms with E-state index in [-0.39, 0.29) is 30.1 Å². The van der Waals surface area contributed by atoms with E-state index in [2.05, 4.69) is 24.3 Å². The van der Waals surface area contributed by atoms with E-state index >= 15 is 0 Å². The molecule has 2 aliphatic carbocycles. The molecular weight excluding hydrogens is 384 g/mol. The zero-order chi connectivity index (χ0) is 20.9. The molecule has 156 valence electrons. The van der Waals surface area contributed by atoms with Crippen molar-refractivity contribution in [3.63, 3.8) is 0 Å². The third-order valence-corrected chi connectivity index (χ3v) is 5.71. The minimum Gasteiger partial charge on any atom is -0.487 e. The van der Waals surface area contributed by atoms with Gasteiger partial charge in [-0.15, -0.1) is 0 Å². The Morgan fingerprint density at radius 3 is 2.77 bits per heavy atom. The number of hydrogen-bond donors (Lipinski definition) is 1. The van der Waals surface area contributed by atoms with Gasteiger partial charge in [0.25, 0.3) is 0 Å². The molecular formula is C25H25F2NO2. The van der Waals surface area contributed by atoms with Gasteiger partial charge in [-0.2, -0.15) is 0 Å². The molecule has 0 amide bonds. The molecule has 0 fully saturated rings. The maximum Gasteiger partial charge on any atom is 0.130 e. The molecule has 4 rings (SSSR count). The van der Waals surface area contributed by atoms with Crippen molar-refractivity contribution in [3.05, 3.63) is 89.2 Å². The van der Waals surface area contributed by atoms with Crippen molar-refractivity contribution in [1.82, 2.24) is 0 Å². The van der Waals surface area contributed by atoms with Crippen molar-refractivity contribution in [2.45, 2.75) is 25.7 Å². The fourth-order valence-electron chi connectivity index (χ4n) is 4.14. The van der Waals surface area contributed by atoms with Crippen LogP contribution in [0.4, 0.5) is 8.78 Å². The van der Waals surface area contributed by atoms with Crippen LogP contribution in [0.15, 0.2) is 88.4 Å². The van der Waals surface area contributed by atoms with Gasteiger partial charge in [0.15, 0.2) is 0 Å². The minimum absolute atomic E-state index is 0.0286. The maximum absolute atomic E-state index is 13.5. The molecule has 1 aromatic carbocycles. The van der Waals surface area contributed by atoms with Crippen LogP contribution in [0.2, 0.25) is 0 Å². The molecule has 3 nitrogen and oxygen atoms in total. The number of fused-ring (bicyclic) bond motifs is 1. The Bertz CT molecular complexity index is 967. The number of rotatable bonds is 5. The van der Waals surface area contributed by atoms with Crippen LogP contribution in [0, 0.1) is 17.7 Å². The number of nitrogens with zero attached hydrogens (tertiary/aromatic N) is 1. The van der Waals surface area contributed by atoms with Gasteiger partial charge >= 0.3 is 0 Å². The standard InChI is InChI=1S/C25H25F2NO2/c26-20-7-10-23(11-8-20)30-16-22-14-18-5-1-3-17(4-2-6-25(18)28-22)24-12-9-21(27)13-19(24)15-29/h2-4,7-11,13-14,18,24,29H,1,5-6,12,15-16H2/t18-,24?/m0/s1. The van der Waals surface area contributed by atoms with E-state index in [0.29, 0.717) is 18.8 Å². The lowest BCUT2D eigenvalue weighted by Gasteiger charge is -2.22. The van der Waals surface area contributed by atoms with E-state index in [1.54, 1.807) is 18.2 Å². The summed E-state index contributed by atoms with van der Waals surface area (Å²) in [5, 5.41) is 9.63. The summed E-state index contributed by atoms with van der Waals surface area (Å²) in [6, 6.07) is 5.98. The van der Waals surface area contributed by atoms with E-state index in [1.165, 1.54) is 18.2 Å². The zero-order valence-electron chi connectivity index (χ0n) is 16.7. The molecule has 1 aromatic rings. The van der Waals surface area contributed by atoms with E-state index in [4.69, 9.17) is 9.73 Å². The summed E-state index contributed by atoms with van der Waals surface area (Å²) in [5.74, 6) is 0.367.